The Bertz CT molecular complexity index is 146. The van der Waals surface area contributed by atoms with Crippen molar-refractivity contribution >= 4 is 0 Å². The lowest BCUT2D eigenvalue weighted by molar-refractivity contribution is -0.758. The molecule has 0 aliphatic carbocycles. The molecule has 0 spiro atoms. The smallest absolute Gasteiger partial charge is 0.294 e. The minimum atomic E-state index is -0.721. The predicted octanol–water partition coefficient (Wildman–Crippen LogP) is 0.584. The molecule has 0 bridgehead atoms. The standard InChI is InChI=1S/C7H14N2O3/c10-9(11)12-6-3-7-1-4-8-5-2-7/h7-8H,1-6H2. The van der Waals surface area contributed by atoms with Crippen LogP contribution in [0.25, 0.3) is 0 Å². The van der Waals surface area contributed by atoms with Crippen LogP contribution in [0, 0.1) is 16.0 Å². The van der Waals surface area contributed by atoms with Gasteiger partial charge in [0.2, 0.25) is 0 Å². The summed E-state index contributed by atoms with van der Waals surface area (Å²) in [6, 6.07) is 0. The SMILES string of the molecule is O=[N+]([O-])OCCC1CCNCC1. The van der Waals surface area contributed by atoms with Crippen LogP contribution in [-0.4, -0.2) is 24.8 Å². The van der Waals surface area contributed by atoms with Crippen LogP contribution in [0.2, 0.25) is 0 Å². The first-order valence-electron chi connectivity index (χ1n) is 4.27. The van der Waals surface area contributed by atoms with E-state index in [0.29, 0.717) is 5.92 Å². The van der Waals surface area contributed by atoms with Crippen molar-refractivity contribution in [2.75, 3.05) is 19.7 Å². The minimum absolute atomic E-state index is 0.248. The zero-order valence-corrected chi connectivity index (χ0v) is 6.99. The van der Waals surface area contributed by atoms with E-state index in [0.717, 1.165) is 32.4 Å². The van der Waals surface area contributed by atoms with Crippen molar-refractivity contribution in [1.29, 1.82) is 0 Å². The van der Waals surface area contributed by atoms with E-state index in [1.807, 2.05) is 0 Å². The van der Waals surface area contributed by atoms with Crippen molar-refractivity contribution in [3.63, 3.8) is 0 Å². The number of hydrogen-bond donors (Lipinski definition) is 1. The Morgan fingerprint density at radius 2 is 2.17 bits per heavy atom. The monoisotopic (exact) mass is 174 g/mol. The molecule has 0 amide bonds. The van der Waals surface area contributed by atoms with Gasteiger partial charge in [0, 0.05) is 0 Å². The lowest BCUT2D eigenvalue weighted by Crippen LogP contribution is -2.28. The molecule has 1 fully saturated rings. The molecule has 0 aromatic heterocycles. The number of hydrogen-bond acceptors (Lipinski definition) is 4. The highest BCUT2D eigenvalue weighted by molar-refractivity contribution is 4.67. The van der Waals surface area contributed by atoms with Gasteiger partial charge in [-0.3, -0.25) is 0 Å². The first kappa shape index (κ1) is 9.25. The first-order valence-corrected chi connectivity index (χ1v) is 4.27. The van der Waals surface area contributed by atoms with E-state index in [-0.39, 0.29) is 6.61 Å². The summed E-state index contributed by atoms with van der Waals surface area (Å²) in [5.74, 6) is 0.603. The second-order valence-corrected chi connectivity index (χ2v) is 3.04. The first-order chi connectivity index (χ1) is 5.79. The van der Waals surface area contributed by atoms with E-state index in [9.17, 15) is 10.1 Å². The summed E-state index contributed by atoms with van der Waals surface area (Å²) in [6.07, 6.45) is 3.03. The third-order valence-electron chi connectivity index (χ3n) is 2.18. The Morgan fingerprint density at radius 3 is 2.75 bits per heavy atom. The van der Waals surface area contributed by atoms with Crippen LogP contribution in [-0.2, 0) is 4.84 Å². The van der Waals surface area contributed by atoms with Gasteiger partial charge in [0.25, 0.3) is 5.09 Å². The van der Waals surface area contributed by atoms with Crippen LogP contribution >= 0.6 is 0 Å². The normalized spacial score (nSPS) is 19.0. The molecule has 1 N–H and O–H groups in total. The van der Waals surface area contributed by atoms with Gasteiger partial charge in [-0.2, -0.15) is 0 Å². The van der Waals surface area contributed by atoms with E-state index in [1.54, 1.807) is 0 Å². The zero-order valence-electron chi connectivity index (χ0n) is 6.99. The van der Waals surface area contributed by atoms with Crippen LogP contribution in [0.1, 0.15) is 19.3 Å². The summed E-state index contributed by atoms with van der Waals surface area (Å²) in [6.45, 7) is 2.31. The molecule has 1 aliphatic heterocycles. The molecule has 5 nitrogen and oxygen atoms in total. The van der Waals surface area contributed by atoms with E-state index in [2.05, 4.69) is 10.2 Å². The molecular weight excluding hydrogens is 160 g/mol. The highest BCUT2D eigenvalue weighted by Crippen LogP contribution is 2.15. The van der Waals surface area contributed by atoms with Gasteiger partial charge in [-0.25, -0.2) is 0 Å². The molecule has 0 saturated carbocycles. The highest BCUT2D eigenvalue weighted by atomic mass is 16.9. The highest BCUT2D eigenvalue weighted by Gasteiger charge is 2.12. The van der Waals surface area contributed by atoms with Crippen LogP contribution in [0.5, 0.6) is 0 Å². The van der Waals surface area contributed by atoms with Crippen LogP contribution in [0.3, 0.4) is 0 Å². The van der Waals surface area contributed by atoms with Gasteiger partial charge in [-0.1, -0.05) is 0 Å². The van der Waals surface area contributed by atoms with Gasteiger partial charge < -0.3 is 10.2 Å². The average molecular weight is 174 g/mol. The molecular formula is C7H14N2O3. The molecule has 1 rings (SSSR count). The fourth-order valence-corrected chi connectivity index (χ4v) is 1.46. The molecule has 70 valence electrons. The van der Waals surface area contributed by atoms with Gasteiger partial charge >= 0.3 is 0 Å². The summed E-state index contributed by atoms with van der Waals surface area (Å²) in [4.78, 5) is 14.1. The van der Waals surface area contributed by atoms with E-state index < -0.39 is 5.09 Å². The van der Waals surface area contributed by atoms with Crippen LogP contribution < -0.4 is 5.32 Å². The summed E-state index contributed by atoms with van der Waals surface area (Å²) < 4.78 is 0. The lowest BCUT2D eigenvalue weighted by Gasteiger charge is -2.21. The van der Waals surface area contributed by atoms with E-state index >= 15 is 0 Å². The van der Waals surface area contributed by atoms with Gasteiger partial charge in [0.15, 0.2) is 0 Å². The van der Waals surface area contributed by atoms with Gasteiger partial charge in [-0.05, 0) is 38.3 Å². The molecule has 0 unspecified atom stereocenters. The molecule has 5 heteroatoms. The maximum absolute atomic E-state index is 9.81. The Morgan fingerprint density at radius 1 is 1.50 bits per heavy atom. The van der Waals surface area contributed by atoms with Gasteiger partial charge in [0.1, 0.15) is 0 Å². The van der Waals surface area contributed by atoms with Crippen LogP contribution in [0.15, 0.2) is 0 Å². The molecule has 0 radical (unpaired) electrons. The third kappa shape index (κ3) is 3.52. The molecule has 12 heavy (non-hydrogen) atoms. The molecule has 0 aromatic rings. The lowest BCUT2D eigenvalue weighted by atomic mass is 9.95. The molecule has 1 heterocycles. The fourth-order valence-electron chi connectivity index (χ4n) is 1.46. The number of nitrogens with one attached hydrogen (secondary N) is 1. The van der Waals surface area contributed by atoms with Gasteiger partial charge in [0.05, 0.1) is 6.61 Å². The Hall–Kier alpha value is -0.840. The van der Waals surface area contributed by atoms with Crippen molar-refractivity contribution in [1.82, 2.24) is 5.32 Å². The van der Waals surface area contributed by atoms with Crippen molar-refractivity contribution in [2.45, 2.75) is 19.3 Å². The average Bonchev–Trinajstić information content (AvgIpc) is 2.05. The van der Waals surface area contributed by atoms with E-state index in [1.165, 1.54) is 0 Å². The number of rotatable bonds is 4. The Balaban J connectivity index is 2.01. The predicted molar refractivity (Wildman–Crippen MR) is 43.2 cm³/mol. The van der Waals surface area contributed by atoms with Crippen molar-refractivity contribution in [3.05, 3.63) is 10.1 Å². The maximum atomic E-state index is 9.81. The van der Waals surface area contributed by atoms with Crippen molar-refractivity contribution in [2.24, 2.45) is 5.92 Å². The minimum Gasteiger partial charge on any atom is -0.317 e. The second kappa shape index (κ2) is 4.92. The fraction of sp³-hybridized carbons (Fsp3) is 1.00. The largest absolute Gasteiger partial charge is 0.317 e. The quantitative estimate of drug-likeness (QED) is 0.500. The topological polar surface area (TPSA) is 64.4 Å². The molecule has 1 aliphatic rings. The van der Waals surface area contributed by atoms with Crippen LogP contribution in [0.4, 0.5) is 0 Å². The Labute approximate surface area is 71.2 Å². The summed E-state index contributed by atoms with van der Waals surface area (Å²) in [5, 5.41) is 12.3. The van der Waals surface area contributed by atoms with Gasteiger partial charge in [-0.15, -0.1) is 10.1 Å². The summed E-state index contributed by atoms with van der Waals surface area (Å²) in [5.41, 5.74) is 0. The zero-order chi connectivity index (χ0) is 8.81. The van der Waals surface area contributed by atoms with E-state index in [4.69, 9.17) is 0 Å². The summed E-state index contributed by atoms with van der Waals surface area (Å²) >= 11 is 0. The number of nitrogens with zero attached hydrogens (tertiary/aromatic N) is 1. The third-order valence-corrected chi connectivity index (χ3v) is 2.18. The molecule has 0 atom stereocenters. The second-order valence-electron chi connectivity index (χ2n) is 3.04. The Kier molecular flexibility index (Phi) is 3.79. The summed E-state index contributed by atoms with van der Waals surface area (Å²) in [7, 11) is 0. The number of piperidine rings is 1. The van der Waals surface area contributed by atoms with Crippen molar-refractivity contribution in [3.8, 4) is 0 Å². The maximum Gasteiger partial charge on any atom is 0.294 e. The molecule has 1 saturated heterocycles. The van der Waals surface area contributed by atoms with Crippen molar-refractivity contribution < 1.29 is 9.92 Å². The molecule has 0 aromatic carbocycles.